The molecule has 1 aromatic heterocycles. The first-order chi connectivity index (χ1) is 7.47. The van der Waals surface area contributed by atoms with E-state index >= 15 is 0 Å². The summed E-state index contributed by atoms with van der Waals surface area (Å²) in [4.78, 5) is 36.0. The molecular weight excluding hydrogens is 214 g/mol. The topological polar surface area (TPSA) is 118 Å². The number of aliphatic carboxylic acids is 1. The summed E-state index contributed by atoms with van der Waals surface area (Å²) in [7, 11) is 0. The summed E-state index contributed by atoms with van der Waals surface area (Å²) in [6, 6.07) is 0. The van der Waals surface area contributed by atoms with E-state index < -0.39 is 23.1 Å². The quantitative estimate of drug-likeness (QED) is 0.578. The van der Waals surface area contributed by atoms with Crippen LogP contribution in [0.3, 0.4) is 0 Å². The molecule has 0 saturated carbocycles. The Kier molecular flexibility index (Phi) is 3.62. The maximum Gasteiger partial charge on any atom is 0.328 e. The number of aryl methyl sites for hydroxylation is 1. The lowest BCUT2D eigenvalue weighted by atomic mass is 10.1. The van der Waals surface area contributed by atoms with Gasteiger partial charge in [0.15, 0.2) is 0 Å². The minimum absolute atomic E-state index is 0.130. The normalized spacial score (nSPS) is 12.4. The van der Waals surface area contributed by atoms with Crippen molar-refractivity contribution >= 4 is 5.97 Å². The van der Waals surface area contributed by atoms with Gasteiger partial charge < -0.3 is 15.8 Å². The van der Waals surface area contributed by atoms with Crippen molar-refractivity contribution in [3.8, 4) is 0 Å². The van der Waals surface area contributed by atoms with Gasteiger partial charge in [-0.3, -0.25) is 14.2 Å². The predicted octanol–water partition coefficient (Wildman–Crippen LogP) is -1.50. The first-order valence-corrected chi connectivity index (χ1v) is 4.69. The maximum absolute atomic E-state index is 11.6. The molecule has 0 aliphatic heterocycles. The largest absolute Gasteiger partial charge is 0.481 e. The number of aromatic amines is 1. The molecule has 0 saturated heterocycles. The Hall–Kier alpha value is -1.89. The van der Waals surface area contributed by atoms with E-state index in [0.717, 1.165) is 4.57 Å². The van der Waals surface area contributed by atoms with Crippen LogP contribution in [-0.4, -0.2) is 27.2 Å². The van der Waals surface area contributed by atoms with Crippen LogP contribution >= 0.6 is 0 Å². The second kappa shape index (κ2) is 4.75. The van der Waals surface area contributed by atoms with E-state index in [1.807, 2.05) is 0 Å². The number of carboxylic acid groups (broad SMARTS) is 1. The highest BCUT2D eigenvalue weighted by molar-refractivity contribution is 5.70. The van der Waals surface area contributed by atoms with Gasteiger partial charge in [-0.15, -0.1) is 0 Å². The first-order valence-electron chi connectivity index (χ1n) is 4.69. The summed E-state index contributed by atoms with van der Waals surface area (Å²) >= 11 is 0. The second-order valence-electron chi connectivity index (χ2n) is 3.46. The molecule has 7 nitrogen and oxygen atoms in total. The van der Waals surface area contributed by atoms with E-state index in [1.165, 1.54) is 13.1 Å². The predicted molar refractivity (Wildman–Crippen MR) is 56.2 cm³/mol. The van der Waals surface area contributed by atoms with Gasteiger partial charge in [0.25, 0.3) is 5.56 Å². The van der Waals surface area contributed by atoms with Crippen LogP contribution < -0.4 is 17.0 Å². The summed E-state index contributed by atoms with van der Waals surface area (Å²) in [5, 5.41) is 8.78. The number of nitrogens with two attached hydrogens (primary N) is 1. The number of nitrogens with one attached hydrogen (secondary N) is 1. The molecule has 4 N–H and O–H groups in total. The number of aromatic nitrogens is 2. The van der Waals surface area contributed by atoms with E-state index in [1.54, 1.807) is 0 Å². The van der Waals surface area contributed by atoms with Gasteiger partial charge in [0.1, 0.15) is 0 Å². The fraction of sp³-hybridized carbons (Fsp3) is 0.444. The molecule has 16 heavy (non-hydrogen) atoms. The summed E-state index contributed by atoms with van der Waals surface area (Å²) < 4.78 is 0.848. The molecule has 1 rings (SSSR count). The summed E-state index contributed by atoms with van der Waals surface area (Å²) in [5.74, 6) is -2.07. The molecule has 0 aliphatic carbocycles. The van der Waals surface area contributed by atoms with E-state index in [9.17, 15) is 14.4 Å². The average Bonchev–Trinajstić information content (AvgIpc) is 2.23. The zero-order valence-corrected chi connectivity index (χ0v) is 8.77. The van der Waals surface area contributed by atoms with Gasteiger partial charge in [-0.05, 0) is 6.92 Å². The third-order valence-corrected chi connectivity index (χ3v) is 2.28. The van der Waals surface area contributed by atoms with Crippen LogP contribution in [0.25, 0.3) is 0 Å². The third-order valence-electron chi connectivity index (χ3n) is 2.28. The van der Waals surface area contributed by atoms with Gasteiger partial charge >= 0.3 is 11.7 Å². The number of rotatable bonds is 4. The number of hydrogen-bond acceptors (Lipinski definition) is 4. The standard InChI is InChI=1S/C9H13N3O4/c1-5-3-11-9(16)12(7(5)13)4-6(2-10)8(14)15/h3,6H,2,4,10H2,1H3,(H,11,16)(H,14,15). The minimum Gasteiger partial charge on any atom is -0.481 e. The van der Waals surface area contributed by atoms with Crippen molar-refractivity contribution in [1.82, 2.24) is 9.55 Å². The number of carbonyl (C=O) groups is 1. The van der Waals surface area contributed by atoms with Gasteiger partial charge in [0, 0.05) is 24.8 Å². The van der Waals surface area contributed by atoms with Crippen LogP contribution in [0.2, 0.25) is 0 Å². The zero-order valence-electron chi connectivity index (χ0n) is 8.77. The molecular formula is C9H13N3O4. The Morgan fingerprint density at radius 3 is 2.75 bits per heavy atom. The van der Waals surface area contributed by atoms with Crippen LogP contribution in [0.15, 0.2) is 15.8 Å². The van der Waals surface area contributed by atoms with Gasteiger partial charge in [-0.1, -0.05) is 0 Å². The number of H-pyrrole nitrogens is 1. The molecule has 0 amide bonds. The Morgan fingerprint density at radius 1 is 1.62 bits per heavy atom. The van der Waals surface area contributed by atoms with Gasteiger partial charge in [-0.2, -0.15) is 0 Å². The van der Waals surface area contributed by atoms with E-state index in [4.69, 9.17) is 10.8 Å². The fourth-order valence-electron chi connectivity index (χ4n) is 1.25. The lowest BCUT2D eigenvalue weighted by Gasteiger charge is -2.10. The van der Waals surface area contributed by atoms with E-state index in [2.05, 4.69) is 4.98 Å². The van der Waals surface area contributed by atoms with Crippen LogP contribution in [0.5, 0.6) is 0 Å². The lowest BCUT2D eigenvalue weighted by Crippen LogP contribution is -2.41. The van der Waals surface area contributed by atoms with Crippen LogP contribution in [0.1, 0.15) is 5.56 Å². The summed E-state index contributed by atoms with van der Waals surface area (Å²) in [5.41, 5.74) is 4.47. The van der Waals surface area contributed by atoms with Crippen molar-refractivity contribution in [2.45, 2.75) is 13.5 Å². The highest BCUT2D eigenvalue weighted by Crippen LogP contribution is 1.96. The van der Waals surface area contributed by atoms with Crippen LogP contribution in [-0.2, 0) is 11.3 Å². The van der Waals surface area contributed by atoms with Crippen LogP contribution in [0.4, 0.5) is 0 Å². The van der Waals surface area contributed by atoms with E-state index in [0.29, 0.717) is 5.56 Å². The Balaban J connectivity index is 3.15. The average molecular weight is 227 g/mol. The first kappa shape index (κ1) is 12.2. The number of nitrogens with zero attached hydrogens (tertiary/aromatic N) is 1. The van der Waals surface area contributed by atoms with Crippen molar-refractivity contribution in [3.63, 3.8) is 0 Å². The lowest BCUT2D eigenvalue weighted by molar-refractivity contribution is -0.141. The van der Waals surface area contributed by atoms with Crippen LogP contribution in [0, 0.1) is 12.8 Å². The van der Waals surface area contributed by atoms with Gasteiger partial charge in [0.2, 0.25) is 0 Å². The Bertz CT molecular complexity index is 502. The smallest absolute Gasteiger partial charge is 0.328 e. The Labute approximate surface area is 90.5 Å². The third kappa shape index (κ3) is 2.37. The molecule has 0 fully saturated rings. The Morgan fingerprint density at radius 2 is 2.25 bits per heavy atom. The summed E-state index contributed by atoms with van der Waals surface area (Å²) in [6.07, 6.45) is 1.29. The minimum atomic E-state index is -1.13. The van der Waals surface area contributed by atoms with Gasteiger partial charge in [-0.25, -0.2) is 4.79 Å². The molecule has 0 aliphatic rings. The molecule has 1 heterocycles. The second-order valence-corrected chi connectivity index (χ2v) is 3.46. The number of hydrogen-bond donors (Lipinski definition) is 3. The van der Waals surface area contributed by atoms with Crippen molar-refractivity contribution in [3.05, 3.63) is 32.6 Å². The molecule has 7 heteroatoms. The van der Waals surface area contributed by atoms with Crippen molar-refractivity contribution in [2.24, 2.45) is 11.7 Å². The molecule has 1 unspecified atom stereocenters. The monoisotopic (exact) mass is 227 g/mol. The van der Waals surface area contributed by atoms with Crippen molar-refractivity contribution in [1.29, 1.82) is 0 Å². The highest BCUT2D eigenvalue weighted by Gasteiger charge is 2.18. The van der Waals surface area contributed by atoms with Crippen molar-refractivity contribution in [2.75, 3.05) is 6.54 Å². The van der Waals surface area contributed by atoms with Crippen molar-refractivity contribution < 1.29 is 9.90 Å². The SMILES string of the molecule is Cc1c[nH]c(=O)n(CC(CN)C(=O)O)c1=O. The molecule has 1 aromatic rings. The maximum atomic E-state index is 11.6. The highest BCUT2D eigenvalue weighted by atomic mass is 16.4. The molecule has 1 atom stereocenters. The zero-order chi connectivity index (χ0) is 12.3. The molecule has 0 spiro atoms. The number of carboxylic acids is 1. The van der Waals surface area contributed by atoms with Gasteiger partial charge in [0.05, 0.1) is 5.92 Å². The molecule has 88 valence electrons. The molecule has 0 aromatic carbocycles. The van der Waals surface area contributed by atoms with E-state index in [-0.39, 0.29) is 13.1 Å². The fourth-order valence-corrected chi connectivity index (χ4v) is 1.25. The molecule has 0 radical (unpaired) electrons. The summed E-state index contributed by atoms with van der Waals surface area (Å²) in [6.45, 7) is 1.18. The molecule has 0 bridgehead atoms.